The number of hydrogen-bond acceptors (Lipinski definition) is 1. The third-order valence-corrected chi connectivity index (χ3v) is 4.94. The number of halogens is 2. The van der Waals surface area contributed by atoms with Gasteiger partial charge in [0, 0.05) is 11.1 Å². The van der Waals surface area contributed by atoms with E-state index in [2.05, 4.69) is 12.2 Å². The first-order valence-corrected chi connectivity index (χ1v) is 8.75. The van der Waals surface area contributed by atoms with Gasteiger partial charge in [-0.1, -0.05) is 44.2 Å². The Balaban J connectivity index is 2.08. The summed E-state index contributed by atoms with van der Waals surface area (Å²) in [6.07, 6.45) is 9.90. The Bertz CT molecular complexity index is 427. The van der Waals surface area contributed by atoms with E-state index in [0.29, 0.717) is 17.0 Å². The van der Waals surface area contributed by atoms with Crippen LogP contribution in [0.25, 0.3) is 0 Å². The van der Waals surface area contributed by atoms with Crippen LogP contribution in [-0.4, -0.2) is 12.6 Å². The van der Waals surface area contributed by atoms with Crippen LogP contribution < -0.4 is 5.32 Å². The quantitative estimate of drug-likeness (QED) is 0.697. The van der Waals surface area contributed by atoms with Gasteiger partial charge in [-0.05, 0) is 61.9 Å². The van der Waals surface area contributed by atoms with Crippen molar-refractivity contribution in [2.45, 2.75) is 64.3 Å². The molecule has 3 heteroatoms. The molecule has 1 N–H and O–H groups in total. The topological polar surface area (TPSA) is 12.0 Å². The minimum atomic E-state index is -0.190. The van der Waals surface area contributed by atoms with Crippen LogP contribution >= 0.6 is 11.6 Å². The van der Waals surface area contributed by atoms with Crippen LogP contribution in [0.1, 0.15) is 57.4 Å². The van der Waals surface area contributed by atoms with E-state index in [4.69, 9.17) is 11.6 Å². The summed E-state index contributed by atoms with van der Waals surface area (Å²) in [5, 5.41) is 4.37. The average molecular weight is 312 g/mol. The van der Waals surface area contributed by atoms with E-state index in [1.807, 2.05) is 0 Å². The molecule has 1 saturated carbocycles. The van der Waals surface area contributed by atoms with Crippen molar-refractivity contribution in [2.24, 2.45) is 5.92 Å². The van der Waals surface area contributed by atoms with E-state index in [-0.39, 0.29) is 5.82 Å². The SMILES string of the molecule is CCCNC(Cc1cc(F)ccc1Cl)C1CCCCCC1. The Morgan fingerprint density at radius 2 is 1.95 bits per heavy atom. The van der Waals surface area contributed by atoms with Crippen molar-refractivity contribution in [3.63, 3.8) is 0 Å². The van der Waals surface area contributed by atoms with Gasteiger partial charge in [-0.15, -0.1) is 0 Å². The van der Waals surface area contributed by atoms with Crippen LogP contribution in [0.3, 0.4) is 0 Å². The number of benzene rings is 1. The summed E-state index contributed by atoms with van der Waals surface area (Å²) >= 11 is 6.25. The molecular formula is C18H27ClFN. The summed E-state index contributed by atoms with van der Waals surface area (Å²) in [5.41, 5.74) is 0.939. The van der Waals surface area contributed by atoms with Gasteiger partial charge in [-0.2, -0.15) is 0 Å². The molecule has 1 aromatic carbocycles. The fraction of sp³-hybridized carbons (Fsp3) is 0.667. The lowest BCUT2D eigenvalue weighted by Gasteiger charge is -2.28. The Morgan fingerprint density at radius 3 is 2.62 bits per heavy atom. The monoisotopic (exact) mass is 311 g/mol. The molecular weight excluding hydrogens is 285 g/mol. The molecule has 0 saturated heterocycles. The number of rotatable bonds is 6. The normalized spacial score (nSPS) is 18.4. The highest BCUT2D eigenvalue weighted by Gasteiger charge is 2.23. The lowest BCUT2D eigenvalue weighted by molar-refractivity contribution is 0.317. The predicted octanol–water partition coefficient (Wildman–Crippen LogP) is 5.36. The van der Waals surface area contributed by atoms with Gasteiger partial charge in [0.2, 0.25) is 0 Å². The Labute approximate surface area is 133 Å². The third kappa shape index (κ3) is 5.27. The molecule has 2 rings (SSSR count). The zero-order valence-electron chi connectivity index (χ0n) is 13.0. The molecule has 21 heavy (non-hydrogen) atoms. The minimum Gasteiger partial charge on any atom is -0.313 e. The molecule has 0 spiro atoms. The summed E-state index contributed by atoms with van der Waals surface area (Å²) in [6.45, 7) is 3.21. The Morgan fingerprint density at radius 1 is 1.24 bits per heavy atom. The highest BCUT2D eigenvalue weighted by atomic mass is 35.5. The molecule has 1 aliphatic carbocycles. The average Bonchev–Trinajstić information content (AvgIpc) is 2.76. The van der Waals surface area contributed by atoms with Crippen LogP contribution in [0.5, 0.6) is 0 Å². The van der Waals surface area contributed by atoms with Gasteiger partial charge in [-0.25, -0.2) is 4.39 Å². The number of nitrogens with one attached hydrogen (secondary N) is 1. The van der Waals surface area contributed by atoms with Crippen LogP contribution in [-0.2, 0) is 6.42 Å². The molecule has 0 heterocycles. The van der Waals surface area contributed by atoms with Crippen molar-refractivity contribution in [1.29, 1.82) is 0 Å². The molecule has 1 nitrogen and oxygen atoms in total. The van der Waals surface area contributed by atoms with E-state index in [1.54, 1.807) is 12.1 Å². The van der Waals surface area contributed by atoms with Crippen molar-refractivity contribution in [1.82, 2.24) is 5.32 Å². The first-order chi connectivity index (χ1) is 10.2. The van der Waals surface area contributed by atoms with Crippen molar-refractivity contribution in [3.8, 4) is 0 Å². The molecule has 0 bridgehead atoms. The maximum Gasteiger partial charge on any atom is 0.123 e. The molecule has 0 aromatic heterocycles. The fourth-order valence-corrected chi connectivity index (χ4v) is 3.58. The minimum absolute atomic E-state index is 0.190. The van der Waals surface area contributed by atoms with Gasteiger partial charge in [0.1, 0.15) is 5.82 Å². The van der Waals surface area contributed by atoms with Gasteiger partial charge >= 0.3 is 0 Å². The van der Waals surface area contributed by atoms with E-state index < -0.39 is 0 Å². The van der Waals surface area contributed by atoms with Gasteiger partial charge in [0.25, 0.3) is 0 Å². The second-order valence-corrected chi connectivity index (χ2v) is 6.66. The van der Waals surface area contributed by atoms with E-state index in [1.165, 1.54) is 44.6 Å². The van der Waals surface area contributed by atoms with Crippen LogP contribution in [0, 0.1) is 11.7 Å². The lowest BCUT2D eigenvalue weighted by Crippen LogP contribution is -2.38. The smallest absolute Gasteiger partial charge is 0.123 e. The third-order valence-electron chi connectivity index (χ3n) is 4.57. The standard InChI is InChI=1S/C18H27ClFN/c1-2-11-21-18(14-7-5-3-4-6-8-14)13-15-12-16(20)9-10-17(15)19/h9-10,12,14,18,21H,2-8,11,13H2,1H3. The largest absolute Gasteiger partial charge is 0.313 e. The second-order valence-electron chi connectivity index (χ2n) is 6.25. The molecule has 0 aliphatic heterocycles. The van der Waals surface area contributed by atoms with Crippen molar-refractivity contribution in [3.05, 3.63) is 34.6 Å². The summed E-state index contributed by atoms with van der Waals surface area (Å²) in [5.74, 6) is 0.503. The van der Waals surface area contributed by atoms with Crippen LogP contribution in [0.4, 0.5) is 4.39 Å². The first kappa shape index (κ1) is 16.8. The molecule has 0 radical (unpaired) electrons. The molecule has 118 valence electrons. The van der Waals surface area contributed by atoms with Crippen molar-refractivity contribution in [2.75, 3.05) is 6.54 Å². The van der Waals surface area contributed by atoms with E-state index in [9.17, 15) is 4.39 Å². The van der Waals surface area contributed by atoms with Gasteiger partial charge in [0.15, 0.2) is 0 Å². The highest BCUT2D eigenvalue weighted by molar-refractivity contribution is 6.31. The summed E-state index contributed by atoms with van der Waals surface area (Å²) in [7, 11) is 0. The van der Waals surface area contributed by atoms with Gasteiger partial charge in [0.05, 0.1) is 0 Å². The van der Waals surface area contributed by atoms with Crippen LogP contribution in [0.15, 0.2) is 18.2 Å². The van der Waals surface area contributed by atoms with Crippen LogP contribution in [0.2, 0.25) is 5.02 Å². The maximum absolute atomic E-state index is 13.5. The molecule has 1 aromatic rings. The fourth-order valence-electron chi connectivity index (χ4n) is 3.39. The Hall–Kier alpha value is -0.600. The Kier molecular flexibility index (Phi) is 6.98. The highest BCUT2D eigenvalue weighted by Crippen LogP contribution is 2.29. The van der Waals surface area contributed by atoms with E-state index >= 15 is 0 Å². The van der Waals surface area contributed by atoms with E-state index in [0.717, 1.165) is 24.9 Å². The lowest BCUT2D eigenvalue weighted by atomic mass is 9.87. The first-order valence-electron chi connectivity index (χ1n) is 8.38. The van der Waals surface area contributed by atoms with Crippen molar-refractivity contribution >= 4 is 11.6 Å². The molecule has 1 fully saturated rings. The molecule has 1 unspecified atom stereocenters. The number of hydrogen-bond donors (Lipinski definition) is 1. The summed E-state index contributed by atoms with van der Waals surface area (Å²) in [4.78, 5) is 0. The van der Waals surface area contributed by atoms with Gasteiger partial charge < -0.3 is 5.32 Å². The summed E-state index contributed by atoms with van der Waals surface area (Å²) in [6, 6.07) is 5.13. The molecule has 1 atom stereocenters. The molecule has 0 amide bonds. The zero-order chi connectivity index (χ0) is 15.1. The predicted molar refractivity (Wildman–Crippen MR) is 88.4 cm³/mol. The molecule has 1 aliphatic rings. The van der Waals surface area contributed by atoms with Crippen molar-refractivity contribution < 1.29 is 4.39 Å². The summed E-state index contributed by atoms with van der Waals surface area (Å²) < 4.78 is 13.5. The zero-order valence-corrected chi connectivity index (χ0v) is 13.8. The van der Waals surface area contributed by atoms with Gasteiger partial charge in [-0.3, -0.25) is 0 Å². The maximum atomic E-state index is 13.5. The second kappa shape index (κ2) is 8.75.